The third-order valence-corrected chi connectivity index (χ3v) is 3.82. The van der Waals surface area contributed by atoms with Crippen LogP contribution in [0.4, 0.5) is 11.4 Å². The Balaban J connectivity index is 1.55. The van der Waals surface area contributed by atoms with E-state index in [0.717, 1.165) is 11.3 Å². The number of amides is 2. The summed E-state index contributed by atoms with van der Waals surface area (Å²) in [4.78, 5) is 24.0. The molecule has 1 aromatic carbocycles. The topological polar surface area (TPSA) is 76.0 Å². The first kappa shape index (κ1) is 14.3. The molecule has 2 N–H and O–H groups in total. The zero-order valence-electron chi connectivity index (χ0n) is 12.4. The minimum Gasteiger partial charge on any atom is -0.326 e. The van der Waals surface area contributed by atoms with Crippen molar-refractivity contribution in [3.05, 3.63) is 42.2 Å². The lowest BCUT2D eigenvalue weighted by Gasteiger charge is -2.24. The lowest BCUT2D eigenvalue weighted by atomic mass is 9.89. The van der Waals surface area contributed by atoms with Crippen LogP contribution in [0.15, 0.2) is 36.7 Å². The van der Waals surface area contributed by atoms with Crippen molar-refractivity contribution in [2.24, 2.45) is 13.0 Å². The van der Waals surface area contributed by atoms with Crippen molar-refractivity contribution in [3.63, 3.8) is 0 Å². The lowest BCUT2D eigenvalue weighted by Crippen LogP contribution is -2.30. The molecule has 1 aliphatic heterocycles. The van der Waals surface area contributed by atoms with Crippen LogP contribution in [0.1, 0.15) is 18.4 Å². The molecule has 0 radical (unpaired) electrons. The number of aromatic nitrogens is 2. The number of nitrogens with zero attached hydrogens (tertiary/aromatic N) is 2. The second-order valence-corrected chi connectivity index (χ2v) is 5.54. The number of rotatable bonds is 4. The van der Waals surface area contributed by atoms with E-state index in [1.54, 1.807) is 24.1 Å². The smallest absolute Gasteiger partial charge is 0.227 e. The van der Waals surface area contributed by atoms with Crippen LogP contribution in [0.5, 0.6) is 0 Å². The molecule has 3 rings (SSSR count). The molecule has 2 aromatic rings. The zero-order valence-corrected chi connectivity index (χ0v) is 12.4. The summed E-state index contributed by atoms with van der Waals surface area (Å²) in [5.41, 5.74) is 2.68. The van der Waals surface area contributed by atoms with Crippen LogP contribution in [-0.4, -0.2) is 21.6 Å². The molecule has 1 aromatic heterocycles. The van der Waals surface area contributed by atoms with Gasteiger partial charge in [-0.05, 0) is 24.5 Å². The van der Waals surface area contributed by atoms with E-state index < -0.39 is 0 Å². The minimum absolute atomic E-state index is 0.00659. The second kappa shape index (κ2) is 6.01. The highest BCUT2D eigenvalue weighted by Crippen LogP contribution is 2.27. The van der Waals surface area contributed by atoms with Gasteiger partial charge in [-0.15, -0.1) is 0 Å². The Bertz CT molecular complexity index is 708. The number of para-hydroxylation sites is 1. The van der Waals surface area contributed by atoms with E-state index in [1.807, 2.05) is 24.3 Å². The third kappa shape index (κ3) is 3.16. The number of nitrogens with one attached hydrogen (secondary N) is 2. The van der Waals surface area contributed by atoms with Gasteiger partial charge in [0.2, 0.25) is 11.8 Å². The molecule has 0 fully saturated rings. The fourth-order valence-corrected chi connectivity index (χ4v) is 2.66. The molecule has 2 heterocycles. The van der Waals surface area contributed by atoms with Gasteiger partial charge in [-0.1, -0.05) is 18.2 Å². The largest absolute Gasteiger partial charge is 0.326 e. The Labute approximate surface area is 128 Å². The summed E-state index contributed by atoms with van der Waals surface area (Å²) in [6.07, 6.45) is 4.87. The molecule has 114 valence electrons. The molecule has 6 nitrogen and oxygen atoms in total. The van der Waals surface area contributed by atoms with Crippen LogP contribution >= 0.6 is 0 Å². The molecule has 0 saturated carbocycles. The highest BCUT2D eigenvalue weighted by Gasteiger charge is 2.26. The van der Waals surface area contributed by atoms with Crippen LogP contribution in [0, 0.1) is 5.92 Å². The molecule has 1 atom stereocenters. The van der Waals surface area contributed by atoms with E-state index in [9.17, 15) is 9.59 Å². The van der Waals surface area contributed by atoms with Gasteiger partial charge in [0.25, 0.3) is 0 Å². The van der Waals surface area contributed by atoms with E-state index in [4.69, 9.17) is 0 Å². The summed E-state index contributed by atoms with van der Waals surface area (Å²) in [6.45, 7) is 0. The number of hydrogen-bond donors (Lipinski definition) is 2. The van der Waals surface area contributed by atoms with Crippen molar-refractivity contribution >= 4 is 23.2 Å². The Hall–Kier alpha value is -2.63. The fraction of sp³-hybridized carbons (Fsp3) is 0.312. The average Bonchev–Trinajstić information content (AvgIpc) is 2.90. The predicted molar refractivity (Wildman–Crippen MR) is 83.3 cm³/mol. The van der Waals surface area contributed by atoms with Gasteiger partial charge in [0.05, 0.1) is 11.9 Å². The molecule has 0 aliphatic carbocycles. The van der Waals surface area contributed by atoms with E-state index in [1.165, 1.54) is 0 Å². The van der Waals surface area contributed by atoms with Gasteiger partial charge >= 0.3 is 0 Å². The maximum Gasteiger partial charge on any atom is 0.227 e. The van der Waals surface area contributed by atoms with Gasteiger partial charge in [-0.2, -0.15) is 5.10 Å². The van der Waals surface area contributed by atoms with Crippen molar-refractivity contribution in [1.29, 1.82) is 0 Å². The number of carbonyl (C=O) groups is 2. The number of fused-ring (bicyclic) bond motifs is 1. The van der Waals surface area contributed by atoms with Gasteiger partial charge in [-0.3, -0.25) is 14.3 Å². The Kier molecular flexibility index (Phi) is 3.91. The van der Waals surface area contributed by atoms with Crippen LogP contribution in [0.2, 0.25) is 0 Å². The summed E-state index contributed by atoms with van der Waals surface area (Å²) in [7, 11) is 1.79. The van der Waals surface area contributed by atoms with Crippen molar-refractivity contribution in [3.8, 4) is 0 Å². The predicted octanol–water partition coefficient (Wildman–Crippen LogP) is 1.95. The first-order valence-electron chi connectivity index (χ1n) is 7.29. The Morgan fingerprint density at radius 3 is 3.05 bits per heavy atom. The van der Waals surface area contributed by atoms with Gasteiger partial charge in [-0.25, -0.2) is 0 Å². The number of carbonyl (C=O) groups excluding carboxylic acids is 2. The fourth-order valence-electron chi connectivity index (χ4n) is 2.66. The summed E-state index contributed by atoms with van der Waals surface area (Å²) < 4.78 is 1.63. The second-order valence-electron chi connectivity index (χ2n) is 5.54. The van der Waals surface area contributed by atoms with Crippen molar-refractivity contribution < 1.29 is 9.59 Å². The third-order valence-electron chi connectivity index (χ3n) is 3.82. The van der Waals surface area contributed by atoms with E-state index in [0.29, 0.717) is 24.9 Å². The van der Waals surface area contributed by atoms with E-state index in [2.05, 4.69) is 15.7 Å². The molecular weight excluding hydrogens is 280 g/mol. The highest BCUT2D eigenvalue weighted by molar-refractivity contribution is 5.96. The molecule has 0 saturated heterocycles. The SMILES string of the molecule is Cn1cc(NC(=O)CC[C@H]2Cc3ccccc3NC2=O)cn1. The van der Waals surface area contributed by atoms with Crippen LogP contribution in [0.25, 0.3) is 0 Å². The van der Waals surface area contributed by atoms with Crippen LogP contribution in [-0.2, 0) is 23.1 Å². The Morgan fingerprint density at radius 2 is 2.27 bits per heavy atom. The molecule has 0 unspecified atom stereocenters. The summed E-state index contributed by atoms with van der Waals surface area (Å²) in [5, 5.41) is 9.68. The van der Waals surface area contributed by atoms with E-state index >= 15 is 0 Å². The number of aryl methyl sites for hydroxylation is 1. The van der Waals surface area contributed by atoms with Gasteiger partial charge in [0.1, 0.15) is 0 Å². The first-order chi connectivity index (χ1) is 10.6. The lowest BCUT2D eigenvalue weighted by molar-refractivity contribution is -0.121. The summed E-state index contributed by atoms with van der Waals surface area (Å²) >= 11 is 0. The number of benzene rings is 1. The minimum atomic E-state index is -0.158. The highest BCUT2D eigenvalue weighted by atomic mass is 16.2. The molecule has 22 heavy (non-hydrogen) atoms. The van der Waals surface area contributed by atoms with Crippen LogP contribution in [0.3, 0.4) is 0 Å². The molecule has 2 amide bonds. The number of hydrogen-bond acceptors (Lipinski definition) is 3. The molecule has 0 bridgehead atoms. The monoisotopic (exact) mass is 298 g/mol. The summed E-state index contributed by atoms with van der Waals surface area (Å²) in [5.74, 6) is -0.262. The van der Waals surface area contributed by atoms with Gasteiger partial charge in [0.15, 0.2) is 0 Å². The molecule has 0 spiro atoms. The molecular formula is C16H18N4O2. The molecule has 1 aliphatic rings. The van der Waals surface area contributed by atoms with Gasteiger partial charge < -0.3 is 10.6 Å². The quantitative estimate of drug-likeness (QED) is 0.906. The van der Waals surface area contributed by atoms with E-state index in [-0.39, 0.29) is 17.7 Å². The average molecular weight is 298 g/mol. The standard InChI is InChI=1S/C16H18N4O2/c1-20-10-13(9-17-20)18-15(21)7-6-12-8-11-4-2-3-5-14(11)19-16(12)22/h2-5,9-10,12H,6-8H2,1H3,(H,18,21)(H,19,22)/t12-/m0/s1. The maximum atomic E-state index is 12.1. The Morgan fingerprint density at radius 1 is 1.45 bits per heavy atom. The van der Waals surface area contributed by atoms with Crippen molar-refractivity contribution in [2.45, 2.75) is 19.3 Å². The number of anilines is 2. The molecule has 6 heteroatoms. The normalized spacial score (nSPS) is 16.8. The van der Waals surface area contributed by atoms with Crippen LogP contribution < -0.4 is 10.6 Å². The zero-order chi connectivity index (χ0) is 15.5. The van der Waals surface area contributed by atoms with Crippen molar-refractivity contribution in [1.82, 2.24) is 9.78 Å². The first-order valence-corrected chi connectivity index (χ1v) is 7.29. The van der Waals surface area contributed by atoms with Crippen molar-refractivity contribution in [2.75, 3.05) is 10.6 Å². The maximum absolute atomic E-state index is 12.1. The summed E-state index contributed by atoms with van der Waals surface area (Å²) in [6, 6.07) is 7.78. The van der Waals surface area contributed by atoms with Gasteiger partial charge in [0, 0.05) is 31.3 Å².